The lowest BCUT2D eigenvalue weighted by molar-refractivity contribution is 0.0957. The highest BCUT2D eigenvalue weighted by Gasteiger charge is 2.31. The van der Waals surface area contributed by atoms with Crippen LogP contribution in [0, 0.1) is 0 Å². The molecule has 0 fully saturated rings. The Morgan fingerprint density at radius 3 is 2.81 bits per heavy atom. The van der Waals surface area contributed by atoms with Crippen LogP contribution in [-0.4, -0.2) is 33.3 Å². The van der Waals surface area contributed by atoms with Crippen LogP contribution in [0.2, 0.25) is 5.02 Å². The van der Waals surface area contributed by atoms with Crippen LogP contribution in [0.1, 0.15) is 29.9 Å². The van der Waals surface area contributed by atoms with Crippen molar-refractivity contribution < 1.29 is 9.53 Å². The first-order valence-electron chi connectivity index (χ1n) is 8.85. The maximum Gasteiger partial charge on any atom is 0.262 e. The number of hydrogen-bond acceptors (Lipinski definition) is 4. The fourth-order valence-corrected chi connectivity index (χ4v) is 3.42. The summed E-state index contributed by atoms with van der Waals surface area (Å²) in [5.74, 6) is 0.379. The van der Waals surface area contributed by atoms with Gasteiger partial charge >= 0.3 is 0 Å². The highest BCUT2D eigenvalue weighted by atomic mass is 35.5. The summed E-state index contributed by atoms with van der Waals surface area (Å²) in [5, 5.41) is 5.12. The standard InChI is InChI=1S/C20H19ClN4O2/c1-3-17-16(11-23-25(17)15-8-6-14(21)7-9-15)20(26)24-12-13(2)27-19-18(24)5-4-10-22-19/h4-11,13H,3,12H2,1-2H3/t13-/m0/s1. The van der Waals surface area contributed by atoms with Gasteiger partial charge in [-0.05, 0) is 49.7 Å². The van der Waals surface area contributed by atoms with E-state index in [1.807, 2.05) is 44.2 Å². The molecule has 4 rings (SSSR count). The van der Waals surface area contributed by atoms with Crippen LogP contribution in [0.25, 0.3) is 5.69 Å². The van der Waals surface area contributed by atoms with Crippen molar-refractivity contribution in [2.75, 3.05) is 11.4 Å². The molecule has 1 amide bonds. The Morgan fingerprint density at radius 2 is 2.07 bits per heavy atom. The molecular formula is C20H19ClN4O2. The molecule has 1 aliphatic heterocycles. The number of carbonyl (C=O) groups excluding carboxylic acids is 1. The minimum absolute atomic E-state index is 0.100. The zero-order chi connectivity index (χ0) is 19.0. The molecule has 0 radical (unpaired) electrons. The highest BCUT2D eigenvalue weighted by Crippen LogP contribution is 2.32. The van der Waals surface area contributed by atoms with Gasteiger partial charge in [0.05, 0.1) is 29.7 Å². The average molecular weight is 383 g/mol. The van der Waals surface area contributed by atoms with Gasteiger partial charge in [-0.15, -0.1) is 0 Å². The smallest absolute Gasteiger partial charge is 0.262 e. The van der Waals surface area contributed by atoms with Crippen molar-refractivity contribution in [2.24, 2.45) is 0 Å². The Kier molecular flexibility index (Phi) is 4.58. The number of fused-ring (bicyclic) bond motifs is 1. The Balaban J connectivity index is 1.74. The normalized spacial score (nSPS) is 16.0. The third-order valence-electron chi connectivity index (χ3n) is 4.54. The van der Waals surface area contributed by atoms with Gasteiger partial charge < -0.3 is 4.74 Å². The first-order valence-corrected chi connectivity index (χ1v) is 9.22. The number of pyridine rings is 1. The van der Waals surface area contributed by atoms with Gasteiger partial charge in [0.25, 0.3) is 5.91 Å². The minimum Gasteiger partial charge on any atom is -0.471 e. The number of ether oxygens (including phenoxy) is 1. The predicted octanol–water partition coefficient (Wildman–Crippen LogP) is 3.91. The molecule has 2 aromatic heterocycles. The molecule has 1 aromatic carbocycles. The molecule has 0 saturated heterocycles. The second kappa shape index (κ2) is 7.04. The number of halogens is 1. The first kappa shape index (κ1) is 17.5. The zero-order valence-electron chi connectivity index (χ0n) is 15.1. The van der Waals surface area contributed by atoms with Crippen molar-refractivity contribution in [1.29, 1.82) is 0 Å². The maximum atomic E-state index is 13.4. The molecule has 6 nitrogen and oxygen atoms in total. The van der Waals surface area contributed by atoms with E-state index in [4.69, 9.17) is 16.3 Å². The van der Waals surface area contributed by atoms with Gasteiger partial charge in [0.2, 0.25) is 5.88 Å². The van der Waals surface area contributed by atoms with E-state index in [0.717, 1.165) is 11.4 Å². The molecule has 0 bridgehead atoms. The van der Waals surface area contributed by atoms with E-state index in [1.165, 1.54) is 0 Å². The Morgan fingerprint density at radius 1 is 1.30 bits per heavy atom. The first-order chi connectivity index (χ1) is 13.1. The average Bonchev–Trinajstić information content (AvgIpc) is 3.11. The summed E-state index contributed by atoms with van der Waals surface area (Å²) in [5.41, 5.74) is 2.98. The van der Waals surface area contributed by atoms with Crippen LogP contribution in [0.4, 0.5) is 5.69 Å². The van der Waals surface area contributed by atoms with Crippen LogP contribution in [-0.2, 0) is 6.42 Å². The number of nitrogens with zero attached hydrogens (tertiary/aromatic N) is 4. The maximum absolute atomic E-state index is 13.4. The van der Waals surface area contributed by atoms with Gasteiger partial charge in [-0.25, -0.2) is 9.67 Å². The Hall–Kier alpha value is -2.86. The van der Waals surface area contributed by atoms with Gasteiger partial charge in [-0.2, -0.15) is 5.10 Å². The van der Waals surface area contributed by atoms with Gasteiger partial charge in [-0.1, -0.05) is 18.5 Å². The molecule has 0 aliphatic carbocycles. The van der Waals surface area contributed by atoms with Crippen LogP contribution in [0.5, 0.6) is 5.88 Å². The number of amides is 1. The lowest BCUT2D eigenvalue weighted by Crippen LogP contribution is -2.42. The third kappa shape index (κ3) is 3.17. The lowest BCUT2D eigenvalue weighted by atomic mass is 10.1. The van der Waals surface area contributed by atoms with E-state index < -0.39 is 0 Å². The number of aromatic nitrogens is 3. The second-order valence-corrected chi connectivity index (χ2v) is 6.86. The van der Waals surface area contributed by atoms with E-state index in [0.29, 0.717) is 35.1 Å². The Labute approximate surface area is 162 Å². The predicted molar refractivity (Wildman–Crippen MR) is 104 cm³/mol. The molecule has 0 unspecified atom stereocenters. The lowest BCUT2D eigenvalue weighted by Gasteiger charge is -2.32. The summed E-state index contributed by atoms with van der Waals surface area (Å²) in [6.07, 6.45) is 3.83. The fraction of sp³-hybridized carbons (Fsp3) is 0.250. The fourth-order valence-electron chi connectivity index (χ4n) is 3.30. The number of anilines is 1. The summed E-state index contributed by atoms with van der Waals surface area (Å²) in [4.78, 5) is 19.3. The molecule has 3 heterocycles. The summed E-state index contributed by atoms with van der Waals surface area (Å²) in [6.45, 7) is 4.40. The molecule has 1 aliphatic rings. The molecule has 1 atom stereocenters. The van der Waals surface area contributed by atoms with Crippen LogP contribution < -0.4 is 9.64 Å². The summed E-state index contributed by atoms with van der Waals surface area (Å²) >= 11 is 5.98. The highest BCUT2D eigenvalue weighted by molar-refractivity contribution is 6.30. The molecular weight excluding hydrogens is 364 g/mol. The quantitative estimate of drug-likeness (QED) is 0.689. The van der Waals surface area contributed by atoms with Crippen molar-refractivity contribution in [3.8, 4) is 11.6 Å². The van der Waals surface area contributed by atoms with E-state index in [-0.39, 0.29) is 12.0 Å². The number of carbonyl (C=O) groups is 1. The van der Waals surface area contributed by atoms with E-state index >= 15 is 0 Å². The van der Waals surface area contributed by atoms with Gasteiger partial charge in [0, 0.05) is 11.2 Å². The van der Waals surface area contributed by atoms with Crippen LogP contribution >= 0.6 is 11.6 Å². The number of rotatable bonds is 3. The largest absolute Gasteiger partial charge is 0.471 e. The molecule has 138 valence electrons. The Bertz CT molecular complexity index is 984. The van der Waals surface area contributed by atoms with E-state index in [1.54, 1.807) is 28.0 Å². The zero-order valence-corrected chi connectivity index (χ0v) is 15.8. The molecule has 7 heteroatoms. The van der Waals surface area contributed by atoms with Crippen molar-refractivity contribution in [3.05, 3.63) is 65.1 Å². The van der Waals surface area contributed by atoms with E-state index in [9.17, 15) is 4.79 Å². The minimum atomic E-state index is -0.132. The number of benzene rings is 1. The second-order valence-electron chi connectivity index (χ2n) is 6.42. The van der Waals surface area contributed by atoms with E-state index in [2.05, 4.69) is 10.1 Å². The monoisotopic (exact) mass is 382 g/mol. The van der Waals surface area contributed by atoms with Gasteiger partial charge in [-0.3, -0.25) is 9.69 Å². The van der Waals surface area contributed by atoms with Crippen molar-refractivity contribution in [3.63, 3.8) is 0 Å². The molecule has 0 spiro atoms. The topological polar surface area (TPSA) is 60.3 Å². The third-order valence-corrected chi connectivity index (χ3v) is 4.80. The van der Waals surface area contributed by atoms with Gasteiger partial charge in [0.15, 0.2) is 0 Å². The SMILES string of the molecule is CCc1c(C(=O)N2C[C@H](C)Oc3ncccc32)cnn1-c1ccc(Cl)cc1. The van der Waals surface area contributed by atoms with Gasteiger partial charge in [0.1, 0.15) is 11.8 Å². The molecule has 3 aromatic rings. The van der Waals surface area contributed by atoms with Crippen molar-refractivity contribution >= 4 is 23.2 Å². The molecule has 27 heavy (non-hydrogen) atoms. The van der Waals surface area contributed by atoms with Crippen molar-refractivity contribution in [2.45, 2.75) is 26.4 Å². The molecule has 0 N–H and O–H groups in total. The summed E-state index contributed by atoms with van der Waals surface area (Å²) in [7, 11) is 0. The van der Waals surface area contributed by atoms with Crippen LogP contribution in [0.3, 0.4) is 0 Å². The summed E-state index contributed by atoms with van der Waals surface area (Å²) in [6, 6.07) is 11.0. The molecule has 0 saturated carbocycles. The summed E-state index contributed by atoms with van der Waals surface area (Å²) < 4.78 is 7.54. The number of hydrogen-bond donors (Lipinski definition) is 0. The van der Waals surface area contributed by atoms with Crippen molar-refractivity contribution in [1.82, 2.24) is 14.8 Å². The van der Waals surface area contributed by atoms with Crippen LogP contribution in [0.15, 0.2) is 48.8 Å².